The Hall–Kier alpha value is -4.80. The highest BCUT2D eigenvalue weighted by atomic mass is 35.5. The van der Waals surface area contributed by atoms with Crippen LogP contribution in [-0.4, -0.2) is 17.6 Å². The molecule has 3 aliphatic rings. The molecule has 0 radical (unpaired) electrons. The van der Waals surface area contributed by atoms with E-state index in [-0.39, 0.29) is 17.6 Å². The molecular formula is C39H28ClNO3. The molecule has 3 fully saturated rings. The van der Waals surface area contributed by atoms with E-state index in [1.807, 2.05) is 97.1 Å². The van der Waals surface area contributed by atoms with Crippen LogP contribution in [0.15, 0.2) is 146 Å². The topological polar surface area (TPSA) is 54.5 Å². The van der Waals surface area contributed by atoms with Crippen LogP contribution in [0.4, 0.5) is 5.69 Å². The summed E-state index contributed by atoms with van der Waals surface area (Å²) in [5, 5.41) is 0.512. The third-order valence-corrected chi connectivity index (χ3v) is 10.5. The van der Waals surface area contributed by atoms with Gasteiger partial charge >= 0.3 is 0 Å². The van der Waals surface area contributed by atoms with Crippen molar-refractivity contribution in [3.05, 3.63) is 173 Å². The van der Waals surface area contributed by atoms with Crippen LogP contribution >= 0.6 is 11.6 Å². The third kappa shape index (κ3) is 3.32. The van der Waals surface area contributed by atoms with E-state index >= 15 is 4.79 Å². The molecule has 2 bridgehead atoms. The molecule has 2 amide bonds. The number of Topliss-reactive ketones (excluding diaryl/α,β-unsaturated/α-hetero) is 1. The fraction of sp³-hybridized carbons (Fsp3) is 0.154. The summed E-state index contributed by atoms with van der Waals surface area (Å²) in [7, 11) is 0. The highest BCUT2D eigenvalue weighted by Crippen LogP contribution is 2.77. The number of imide groups is 1. The molecule has 1 heterocycles. The number of halogens is 1. The molecule has 6 atom stereocenters. The third-order valence-electron chi connectivity index (χ3n) is 10.3. The minimum absolute atomic E-state index is 0.0578. The maximum absolute atomic E-state index is 15.8. The lowest BCUT2D eigenvalue weighted by Gasteiger charge is -2.46. The number of anilines is 1. The maximum atomic E-state index is 15.8. The number of hydrogen-bond acceptors (Lipinski definition) is 3. The molecule has 1 saturated heterocycles. The van der Waals surface area contributed by atoms with E-state index in [4.69, 9.17) is 11.6 Å². The molecule has 5 aromatic rings. The maximum Gasteiger partial charge on any atom is 0.239 e. The lowest BCUT2D eigenvalue weighted by Crippen LogP contribution is -2.49. The largest absolute Gasteiger partial charge is 0.298 e. The van der Waals surface area contributed by atoms with E-state index in [2.05, 4.69) is 24.3 Å². The van der Waals surface area contributed by atoms with Crippen LogP contribution in [0.25, 0.3) is 0 Å². The predicted octanol–water partition coefficient (Wildman–Crippen LogP) is 7.49. The van der Waals surface area contributed by atoms with Gasteiger partial charge in [-0.1, -0.05) is 133 Å². The number of carbonyl (C=O) groups is 3. The number of ketones is 1. The molecule has 4 nitrogen and oxygen atoms in total. The van der Waals surface area contributed by atoms with Gasteiger partial charge < -0.3 is 0 Å². The van der Waals surface area contributed by atoms with E-state index in [9.17, 15) is 9.59 Å². The van der Waals surface area contributed by atoms with Gasteiger partial charge in [-0.25, -0.2) is 4.90 Å². The summed E-state index contributed by atoms with van der Waals surface area (Å²) in [6, 6.07) is 46.3. The molecule has 5 aromatic carbocycles. The van der Waals surface area contributed by atoms with Gasteiger partial charge in [0.05, 0.1) is 28.4 Å². The fourth-order valence-electron chi connectivity index (χ4n) is 8.89. The van der Waals surface area contributed by atoms with Gasteiger partial charge in [0.2, 0.25) is 11.8 Å². The zero-order valence-electron chi connectivity index (χ0n) is 23.7. The van der Waals surface area contributed by atoms with Crippen LogP contribution in [0.3, 0.4) is 0 Å². The van der Waals surface area contributed by atoms with E-state index in [1.54, 1.807) is 24.3 Å². The molecule has 0 aromatic heterocycles. The summed E-state index contributed by atoms with van der Waals surface area (Å²) >= 11 is 6.21. The van der Waals surface area contributed by atoms with E-state index < -0.39 is 34.5 Å². The van der Waals surface area contributed by atoms with Crippen LogP contribution in [-0.2, 0) is 25.2 Å². The summed E-state index contributed by atoms with van der Waals surface area (Å²) in [5.41, 5.74) is 1.35. The molecular weight excluding hydrogens is 566 g/mol. The SMILES string of the molecule is O=C1C2C(C(=O)N1c1ccc(Cl)cc1)C1(c3ccccc3)C(=O)C2(c2ccccc2)C(c2ccccc2)C1c1ccccc1. The van der Waals surface area contributed by atoms with Gasteiger partial charge in [0.25, 0.3) is 0 Å². The van der Waals surface area contributed by atoms with Gasteiger partial charge in [-0.2, -0.15) is 0 Å². The van der Waals surface area contributed by atoms with Crippen molar-refractivity contribution >= 4 is 34.9 Å². The van der Waals surface area contributed by atoms with Crippen molar-refractivity contribution in [3.8, 4) is 0 Å². The van der Waals surface area contributed by atoms with Crippen molar-refractivity contribution in [2.24, 2.45) is 11.8 Å². The molecule has 2 aliphatic carbocycles. The first-order valence-electron chi connectivity index (χ1n) is 14.9. The van der Waals surface area contributed by atoms with Crippen LogP contribution in [0, 0.1) is 11.8 Å². The first kappa shape index (κ1) is 26.8. The summed E-state index contributed by atoms with van der Waals surface area (Å²) in [5.74, 6) is -3.36. The van der Waals surface area contributed by atoms with Crippen LogP contribution in [0.2, 0.25) is 5.02 Å². The number of nitrogens with zero attached hydrogens (tertiary/aromatic N) is 1. The van der Waals surface area contributed by atoms with Crippen LogP contribution in [0.5, 0.6) is 0 Å². The molecule has 44 heavy (non-hydrogen) atoms. The van der Waals surface area contributed by atoms with Gasteiger partial charge in [0.1, 0.15) is 0 Å². The number of amides is 2. The standard InChI is InChI=1S/C39H28ClNO3/c40-29-21-23-30(24-22-29)41-35(42)33-34(36(41)43)39(28-19-11-4-12-20-28)32(26-15-7-2-8-16-26)31(25-13-5-1-6-14-25)38(33,37(39)44)27-17-9-3-10-18-27/h1-24,31-34H. The Kier molecular flexibility index (Phi) is 6.01. The summed E-state index contributed by atoms with van der Waals surface area (Å²) in [4.78, 5) is 47.0. The summed E-state index contributed by atoms with van der Waals surface area (Å²) in [6.45, 7) is 0. The Morgan fingerprint density at radius 1 is 0.455 bits per heavy atom. The van der Waals surface area contributed by atoms with Crippen molar-refractivity contribution in [3.63, 3.8) is 0 Å². The Bertz CT molecular complexity index is 1780. The Balaban J connectivity index is 1.52. The molecule has 0 spiro atoms. The monoisotopic (exact) mass is 593 g/mol. The number of fused-ring (bicyclic) bond motifs is 5. The average molecular weight is 594 g/mol. The molecule has 214 valence electrons. The molecule has 1 aliphatic heterocycles. The van der Waals surface area contributed by atoms with Crippen molar-refractivity contribution in [2.75, 3.05) is 4.90 Å². The van der Waals surface area contributed by atoms with Crippen LogP contribution < -0.4 is 4.90 Å². The van der Waals surface area contributed by atoms with E-state index in [0.29, 0.717) is 10.7 Å². The number of carbonyl (C=O) groups excluding carboxylic acids is 3. The second kappa shape index (κ2) is 9.87. The first-order chi connectivity index (χ1) is 21.5. The van der Waals surface area contributed by atoms with E-state index in [0.717, 1.165) is 22.3 Å². The minimum atomic E-state index is -1.29. The lowest BCUT2D eigenvalue weighted by atomic mass is 9.52. The average Bonchev–Trinajstić information content (AvgIpc) is 3.59. The fourth-order valence-corrected chi connectivity index (χ4v) is 9.02. The van der Waals surface area contributed by atoms with Crippen molar-refractivity contribution < 1.29 is 14.4 Å². The number of rotatable bonds is 5. The smallest absolute Gasteiger partial charge is 0.239 e. The van der Waals surface area contributed by atoms with Crippen molar-refractivity contribution in [2.45, 2.75) is 22.7 Å². The summed E-state index contributed by atoms with van der Waals surface area (Å²) < 4.78 is 0. The highest BCUT2D eigenvalue weighted by molar-refractivity contribution is 6.31. The van der Waals surface area contributed by atoms with Crippen LogP contribution in [0.1, 0.15) is 34.1 Å². The van der Waals surface area contributed by atoms with Crippen molar-refractivity contribution in [1.29, 1.82) is 0 Å². The Morgan fingerprint density at radius 2 is 0.818 bits per heavy atom. The Morgan fingerprint density at radius 3 is 1.20 bits per heavy atom. The lowest BCUT2D eigenvalue weighted by molar-refractivity contribution is -0.131. The quantitative estimate of drug-likeness (QED) is 0.198. The van der Waals surface area contributed by atoms with Gasteiger partial charge in [-0.15, -0.1) is 0 Å². The Labute approximate surface area is 260 Å². The number of hydrogen-bond donors (Lipinski definition) is 0. The summed E-state index contributed by atoms with van der Waals surface area (Å²) in [6.07, 6.45) is 0. The molecule has 0 N–H and O–H groups in total. The minimum Gasteiger partial charge on any atom is -0.298 e. The first-order valence-corrected chi connectivity index (χ1v) is 15.3. The molecule has 6 unspecified atom stereocenters. The zero-order valence-corrected chi connectivity index (χ0v) is 24.5. The van der Waals surface area contributed by atoms with Gasteiger partial charge in [-0.3, -0.25) is 14.4 Å². The van der Waals surface area contributed by atoms with Gasteiger partial charge in [-0.05, 0) is 46.5 Å². The second-order valence-corrected chi connectivity index (χ2v) is 12.5. The zero-order chi connectivity index (χ0) is 30.1. The van der Waals surface area contributed by atoms with Gasteiger partial charge in [0.15, 0.2) is 5.78 Å². The molecule has 2 saturated carbocycles. The highest BCUT2D eigenvalue weighted by Gasteiger charge is 2.86. The number of benzene rings is 5. The normalized spacial score (nSPS) is 28.8. The second-order valence-electron chi connectivity index (χ2n) is 12.0. The predicted molar refractivity (Wildman–Crippen MR) is 171 cm³/mol. The van der Waals surface area contributed by atoms with Gasteiger partial charge in [0, 0.05) is 16.9 Å². The molecule has 5 heteroatoms. The van der Waals surface area contributed by atoms with Crippen molar-refractivity contribution in [1.82, 2.24) is 0 Å². The molecule has 8 rings (SSSR count). The van der Waals surface area contributed by atoms with E-state index in [1.165, 1.54) is 4.90 Å².